The minimum atomic E-state index is -3.90. The summed E-state index contributed by atoms with van der Waals surface area (Å²) >= 11 is 5.89. The van der Waals surface area contributed by atoms with Gasteiger partial charge in [0.1, 0.15) is 5.75 Å². The van der Waals surface area contributed by atoms with Crippen molar-refractivity contribution >= 4 is 33.0 Å². The molecule has 12 heteroatoms. The van der Waals surface area contributed by atoms with E-state index in [0.29, 0.717) is 22.3 Å². The van der Waals surface area contributed by atoms with E-state index in [1.54, 1.807) is 24.4 Å². The van der Waals surface area contributed by atoms with Crippen LogP contribution in [0.5, 0.6) is 23.0 Å². The van der Waals surface area contributed by atoms with Gasteiger partial charge in [-0.05, 0) is 54.6 Å². The van der Waals surface area contributed by atoms with Crippen LogP contribution in [-0.4, -0.2) is 45.4 Å². The zero-order chi connectivity index (χ0) is 27.3. The maximum Gasteiger partial charge on any atom is 0.276 e. The van der Waals surface area contributed by atoms with E-state index in [2.05, 4.69) is 10.4 Å². The molecule has 0 radical (unpaired) electrons. The number of ether oxygens (including phenoxy) is 4. The summed E-state index contributed by atoms with van der Waals surface area (Å²) in [5.41, 5.74) is 0.303. The number of halogens is 1. The molecule has 38 heavy (non-hydrogen) atoms. The van der Waals surface area contributed by atoms with Gasteiger partial charge < -0.3 is 24.3 Å². The highest BCUT2D eigenvalue weighted by molar-refractivity contribution is 7.91. The summed E-state index contributed by atoms with van der Waals surface area (Å²) in [4.78, 5) is 12.9. The normalized spacial score (nSPS) is 11.1. The Hall–Kier alpha value is -4.22. The molecule has 0 saturated heterocycles. The lowest BCUT2D eigenvalue weighted by atomic mass is 10.3. The lowest BCUT2D eigenvalue weighted by molar-refractivity contribution is 0.102. The average Bonchev–Trinajstić information content (AvgIpc) is 3.41. The van der Waals surface area contributed by atoms with Crippen LogP contribution in [-0.2, 0) is 16.6 Å². The predicted molar refractivity (Wildman–Crippen MR) is 140 cm³/mol. The third kappa shape index (κ3) is 5.84. The van der Waals surface area contributed by atoms with Crippen molar-refractivity contribution in [3.63, 3.8) is 0 Å². The molecule has 0 fully saturated rings. The molecule has 0 unspecified atom stereocenters. The Morgan fingerprint density at radius 3 is 2.24 bits per heavy atom. The minimum absolute atomic E-state index is 0.0212. The zero-order valence-electron chi connectivity index (χ0n) is 20.7. The van der Waals surface area contributed by atoms with Crippen LogP contribution in [0.2, 0.25) is 5.02 Å². The van der Waals surface area contributed by atoms with Gasteiger partial charge in [0.05, 0.1) is 31.1 Å². The van der Waals surface area contributed by atoms with E-state index in [0.717, 1.165) is 0 Å². The van der Waals surface area contributed by atoms with E-state index in [-0.39, 0.29) is 33.7 Å². The van der Waals surface area contributed by atoms with Gasteiger partial charge in [-0.1, -0.05) is 17.7 Å². The first kappa shape index (κ1) is 26.8. The van der Waals surface area contributed by atoms with E-state index >= 15 is 0 Å². The number of amides is 1. The smallest absolute Gasteiger partial charge is 0.276 e. The third-order valence-electron chi connectivity index (χ3n) is 5.40. The van der Waals surface area contributed by atoms with Crippen LogP contribution in [0.3, 0.4) is 0 Å². The maximum atomic E-state index is 13.1. The second-order valence-electron chi connectivity index (χ2n) is 7.81. The van der Waals surface area contributed by atoms with E-state index in [4.69, 9.17) is 30.5 Å². The number of nitrogens with zero attached hydrogens (tertiary/aromatic N) is 2. The molecule has 0 aliphatic rings. The Kier molecular flexibility index (Phi) is 8.08. The van der Waals surface area contributed by atoms with Gasteiger partial charge in [0.25, 0.3) is 5.91 Å². The average molecular weight is 558 g/mol. The molecule has 1 aromatic heterocycles. The van der Waals surface area contributed by atoms with Gasteiger partial charge >= 0.3 is 0 Å². The minimum Gasteiger partial charge on any atom is -0.497 e. The Bertz CT molecular complexity index is 1530. The van der Waals surface area contributed by atoms with Crippen molar-refractivity contribution in [2.75, 3.05) is 26.6 Å². The number of hydrogen-bond acceptors (Lipinski definition) is 8. The summed E-state index contributed by atoms with van der Waals surface area (Å²) in [6.07, 6.45) is 1.57. The molecule has 0 aliphatic heterocycles. The van der Waals surface area contributed by atoms with Crippen LogP contribution < -0.4 is 24.3 Å². The van der Waals surface area contributed by atoms with Gasteiger partial charge in [-0.3, -0.25) is 4.79 Å². The highest BCUT2D eigenvalue weighted by Gasteiger charge is 2.21. The molecule has 1 heterocycles. The van der Waals surface area contributed by atoms with Crippen molar-refractivity contribution in [1.82, 2.24) is 9.78 Å². The molecule has 198 valence electrons. The van der Waals surface area contributed by atoms with Gasteiger partial charge in [0.2, 0.25) is 15.6 Å². The van der Waals surface area contributed by atoms with Crippen molar-refractivity contribution in [3.8, 4) is 23.0 Å². The van der Waals surface area contributed by atoms with Crippen LogP contribution in [0.1, 0.15) is 10.5 Å². The Balaban J connectivity index is 1.51. The van der Waals surface area contributed by atoms with E-state index in [1.165, 1.54) is 74.5 Å². The highest BCUT2D eigenvalue weighted by atomic mass is 35.5. The van der Waals surface area contributed by atoms with Crippen LogP contribution >= 0.6 is 11.6 Å². The number of nitrogens with one attached hydrogen (secondary N) is 1. The van der Waals surface area contributed by atoms with E-state index < -0.39 is 15.7 Å². The fraction of sp³-hybridized carbons (Fsp3) is 0.154. The number of carbonyl (C=O) groups is 1. The molecule has 1 N–H and O–H groups in total. The maximum absolute atomic E-state index is 13.1. The number of aromatic nitrogens is 2. The second-order valence-corrected chi connectivity index (χ2v) is 10.2. The molecule has 0 spiro atoms. The Labute approximate surface area is 224 Å². The highest BCUT2D eigenvalue weighted by Crippen LogP contribution is 2.37. The number of sulfone groups is 1. The molecule has 0 aliphatic carbocycles. The quantitative estimate of drug-likeness (QED) is 0.298. The number of carbonyl (C=O) groups excluding carboxylic acids is 1. The summed E-state index contributed by atoms with van der Waals surface area (Å²) in [7, 11) is 0.535. The summed E-state index contributed by atoms with van der Waals surface area (Å²) < 4.78 is 49.4. The molecule has 3 aromatic carbocycles. The van der Waals surface area contributed by atoms with E-state index in [1.807, 2.05) is 0 Å². The monoisotopic (exact) mass is 557 g/mol. The van der Waals surface area contributed by atoms with Gasteiger partial charge in [0.15, 0.2) is 23.9 Å². The first-order chi connectivity index (χ1) is 18.2. The number of hydrogen-bond donors (Lipinski definition) is 1. The van der Waals surface area contributed by atoms with Crippen molar-refractivity contribution in [2.24, 2.45) is 0 Å². The van der Waals surface area contributed by atoms with Gasteiger partial charge in [-0.15, -0.1) is 0 Å². The summed E-state index contributed by atoms with van der Waals surface area (Å²) in [5, 5.41) is 7.32. The molecule has 4 rings (SSSR count). The van der Waals surface area contributed by atoms with Crippen molar-refractivity contribution in [2.45, 2.75) is 16.5 Å². The largest absolute Gasteiger partial charge is 0.497 e. The molecular formula is C26H24ClN3O7S. The van der Waals surface area contributed by atoms with Crippen LogP contribution in [0.15, 0.2) is 82.7 Å². The molecule has 4 aromatic rings. The van der Waals surface area contributed by atoms with Crippen LogP contribution in [0.4, 0.5) is 5.69 Å². The Morgan fingerprint density at radius 2 is 1.61 bits per heavy atom. The molecule has 0 bridgehead atoms. The predicted octanol–water partition coefficient (Wildman–Crippen LogP) is 4.68. The zero-order valence-corrected chi connectivity index (χ0v) is 22.2. The lowest BCUT2D eigenvalue weighted by Crippen LogP contribution is -2.15. The fourth-order valence-corrected chi connectivity index (χ4v) is 4.95. The first-order valence-corrected chi connectivity index (χ1v) is 13.0. The number of para-hydroxylation sites is 1. The van der Waals surface area contributed by atoms with Crippen LogP contribution in [0.25, 0.3) is 0 Å². The lowest BCUT2D eigenvalue weighted by Gasteiger charge is -2.14. The summed E-state index contributed by atoms with van der Waals surface area (Å²) in [5.74, 6) is 1.06. The number of anilines is 1. The topological polar surface area (TPSA) is 118 Å². The van der Waals surface area contributed by atoms with E-state index in [9.17, 15) is 13.2 Å². The fourth-order valence-electron chi connectivity index (χ4n) is 3.51. The third-order valence-corrected chi connectivity index (χ3v) is 7.41. The number of benzene rings is 3. The SMILES string of the molecule is COc1cc(NC(=O)c2ccn(COc3c(OC)cccc3OC)n2)cc(S(=O)(=O)c2ccc(Cl)cc2)c1. The first-order valence-electron chi connectivity index (χ1n) is 11.1. The number of methoxy groups -OCH3 is 3. The molecule has 0 saturated carbocycles. The van der Waals surface area contributed by atoms with Crippen LogP contribution in [0, 0.1) is 0 Å². The van der Waals surface area contributed by atoms with Crippen molar-refractivity contribution in [3.05, 3.63) is 83.6 Å². The molecular weight excluding hydrogens is 534 g/mol. The van der Waals surface area contributed by atoms with Crippen molar-refractivity contribution < 1.29 is 32.2 Å². The molecule has 0 atom stereocenters. The van der Waals surface area contributed by atoms with Crippen molar-refractivity contribution in [1.29, 1.82) is 0 Å². The number of rotatable bonds is 10. The van der Waals surface area contributed by atoms with Gasteiger partial charge in [-0.25, -0.2) is 13.1 Å². The van der Waals surface area contributed by atoms with Gasteiger partial charge in [0, 0.05) is 23.0 Å². The summed E-state index contributed by atoms with van der Waals surface area (Å²) in [6, 6.07) is 16.8. The standard InChI is InChI=1S/C26H24ClN3O7S/c1-34-19-13-18(14-21(15-19)38(32,33)20-9-7-17(27)8-10-20)28-26(31)22-11-12-30(29-22)16-37-25-23(35-2)5-4-6-24(25)36-3/h4-15H,16H2,1-3H3,(H,28,31). The Morgan fingerprint density at radius 1 is 0.921 bits per heavy atom. The second kappa shape index (κ2) is 11.4. The molecule has 1 amide bonds. The summed E-state index contributed by atoms with van der Waals surface area (Å²) in [6.45, 7) is -0.0212. The molecule has 10 nitrogen and oxygen atoms in total. The van der Waals surface area contributed by atoms with Gasteiger partial charge in [-0.2, -0.15) is 5.10 Å².